The number of nitrogens with zero attached hydrogens (tertiary/aromatic N) is 2. The molecule has 32 heavy (non-hydrogen) atoms. The maximum absolute atomic E-state index is 12.6. The number of carbonyl (C=O) groups is 3. The fourth-order valence-electron chi connectivity index (χ4n) is 3.84. The fraction of sp³-hybridized carbons (Fsp3) is 0.440. The highest BCUT2D eigenvalue weighted by Gasteiger charge is 2.23. The van der Waals surface area contributed by atoms with Gasteiger partial charge in [0.25, 0.3) is 0 Å². The molecule has 1 saturated heterocycles. The zero-order valence-electron chi connectivity index (χ0n) is 19.1. The summed E-state index contributed by atoms with van der Waals surface area (Å²) in [5.41, 5.74) is 3.75. The average Bonchev–Trinajstić information content (AvgIpc) is 2.81. The number of nitrogens with one attached hydrogen (secondary N) is 2. The molecule has 0 spiro atoms. The van der Waals surface area contributed by atoms with Gasteiger partial charge in [0.15, 0.2) is 5.78 Å². The van der Waals surface area contributed by atoms with E-state index in [1.165, 1.54) is 5.56 Å². The molecule has 172 valence electrons. The molecule has 0 radical (unpaired) electrons. The van der Waals surface area contributed by atoms with E-state index in [1.807, 2.05) is 25.2 Å². The van der Waals surface area contributed by atoms with Crippen LogP contribution < -0.4 is 10.6 Å². The standard InChI is InChI=1S/C25H32N4O3.H2/c1-4-17-7-6-8-19(11-17)20-13-21(25(27-15-20)22(30)5-2)28-23(31)16-26-14-18-9-10-29(3)24(32)12-18;/h6-8,11,13,15,18,26H,4-5,9-10,12,14,16H2,1-3H3,(H,28,31);1H. The van der Waals surface area contributed by atoms with Gasteiger partial charge in [0.1, 0.15) is 5.69 Å². The molecule has 2 aromatic rings. The van der Waals surface area contributed by atoms with E-state index in [4.69, 9.17) is 0 Å². The molecule has 0 saturated carbocycles. The summed E-state index contributed by atoms with van der Waals surface area (Å²) in [7, 11) is 1.81. The van der Waals surface area contributed by atoms with Crippen molar-refractivity contribution in [2.75, 3.05) is 32.0 Å². The Kier molecular flexibility index (Phi) is 8.11. The first-order chi connectivity index (χ1) is 15.4. The number of aromatic nitrogens is 1. The van der Waals surface area contributed by atoms with E-state index < -0.39 is 0 Å². The van der Waals surface area contributed by atoms with E-state index >= 15 is 0 Å². The molecule has 2 heterocycles. The number of rotatable bonds is 9. The summed E-state index contributed by atoms with van der Waals surface area (Å²) >= 11 is 0. The molecule has 1 fully saturated rings. The summed E-state index contributed by atoms with van der Waals surface area (Å²) in [6.07, 6.45) is 4.34. The van der Waals surface area contributed by atoms with Crippen LogP contribution in [0.4, 0.5) is 5.69 Å². The van der Waals surface area contributed by atoms with Gasteiger partial charge in [-0.3, -0.25) is 19.4 Å². The summed E-state index contributed by atoms with van der Waals surface area (Å²) in [6, 6.07) is 9.97. The molecule has 2 amide bonds. The molecule has 1 aromatic carbocycles. The molecule has 3 rings (SSSR count). The zero-order valence-corrected chi connectivity index (χ0v) is 19.1. The normalized spacial score (nSPS) is 16.2. The van der Waals surface area contributed by atoms with E-state index in [0.717, 1.165) is 30.5 Å². The van der Waals surface area contributed by atoms with Gasteiger partial charge in [-0.15, -0.1) is 0 Å². The second-order valence-corrected chi connectivity index (χ2v) is 8.30. The summed E-state index contributed by atoms with van der Waals surface area (Å²) in [5, 5.41) is 6.00. The van der Waals surface area contributed by atoms with Gasteiger partial charge >= 0.3 is 0 Å². The number of likely N-dealkylation sites (tertiary alicyclic amines) is 1. The largest absolute Gasteiger partial charge is 0.346 e. The maximum atomic E-state index is 12.6. The molecule has 1 aliphatic rings. The molecule has 0 aliphatic carbocycles. The van der Waals surface area contributed by atoms with Crippen molar-refractivity contribution in [2.45, 2.75) is 39.5 Å². The van der Waals surface area contributed by atoms with Crippen LogP contribution in [0.3, 0.4) is 0 Å². The summed E-state index contributed by atoms with van der Waals surface area (Å²) < 4.78 is 0. The topological polar surface area (TPSA) is 91.4 Å². The van der Waals surface area contributed by atoms with Crippen LogP contribution in [0.25, 0.3) is 11.1 Å². The monoisotopic (exact) mass is 438 g/mol. The SMILES string of the molecule is CCC(=O)c1ncc(-c2cccc(CC)c2)cc1NC(=O)CNCC1CCN(C)C(=O)C1.[HH]. The van der Waals surface area contributed by atoms with E-state index in [1.54, 1.807) is 18.0 Å². The van der Waals surface area contributed by atoms with Crippen LogP contribution in [0.5, 0.6) is 0 Å². The zero-order chi connectivity index (χ0) is 23.1. The highest BCUT2D eigenvalue weighted by Crippen LogP contribution is 2.26. The lowest BCUT2D eigenvalue weighted by Crippen LogP contribution is -2.40. The van der Waals surface area contributed by atoms with Crippen molar-refractivity contribution in [3.8, 4) is 11.1 Å². The van der Waals surface area contributed by atoms with Crippen LogP contribution in [-0.2, 0) is 16.0 Å². The Balaban J connectivity index is 0.00000385. The van der Waals surface area contributed by atoms with Crippen molar-refractivity contribution in [3.63, 3.8) is 0 Å². The molecular formula is C25H34N4O3. The maximum Gasteiger partial charge on any atom is 0.238 e. The predicted octanol–water partition coefficient (Wildman–Crippen LogP) is 3.55. The van der Waals surface area contributed by atoms with Gasteiger partial charge in [-0.25, -0.2) is 0 Å². The number of amides is 2. The van der Waals surface area contributed by atoms with E-state index in [9.17, 15) is 14.4 Å². The van der Waals surface area contributed by atoms with Crippen molar-refractivity contribution in [1.82, 2.24) is 15.2 Å². The van der Waals surface area contributed by atoms with Gasteiger partial charge in [-0.1, -0.05) is 38.1 Å². The molecule has 7 heteroatoms. The van der Waals surface area contributed by atoms with Gasteiger partial charge in [0.05, 0.1) is 12.2 Å². The molecule has 1 unspecified atom stereocenters. The number of benzene rings is 1. The molecule has 0 bridgehead atoms. The van der Waals surface area contributed by atoms with Crippen molar-refractivity contribution >= 4 is 23.3 Å². The Hall–Kier alpha value is -3.06. The first-order valence-corrected chi connectivity index (χ1v) is 11.3. The van der Waals surface area contributed by atoms with Crippen molar-refractivity contribution < 1.29 is 15.8 Å². The lowest BCUT2D eigenvalue weighted by molar-refractivity contribution is -0.133. The Morgan fingerprint density at radius 2 is 2.03 bits per heavy atom. The van der Waals surface area contributed by atoms with Crippen molar-refractivity contribution in [2.24, 2.45) is 5.92 Å². The number of hydrogen-bond donors (Lipinski definition) is 2. The average molecular weight is 439 g/mol. The van der Waals surface area contributed by atoms with Crippen LogP contribution in [-0.4, -0.2) is 54.2 Å². The number of anilines is 1. The first-order valence-electron chi connectivity index (χ1n) is 11.3. The Labute approximate surface area is 191 Å². The summed E-state index contributed by atoms with van der Waals surface area (Å²) in [6.45, 7) is 5.34. The Morgan fingerprint density at radius 3 is 2.75 bits per heavy atom. The van der Waals surface area contributed by atoms with Gasteiger partial charge in [0.2, 0.25) is 11.8 Å². The second-order valence-electron chi connectivity index (χ2n) is 8.30. The summed E-state index contributed by atoms with van der Waals surface area (Å²) in [4.78, 5) is 42.9. The molecule has 1 atom stereocenters. The van der Waals surface area contributed by atoms with Crippen LogP contribution in [0, 0.1) is 5.92 Å². The van der Waals surface area contributed by atoms with Crippen LogP contribution in [0.15, 0.2) is 36.5 Å². The quantitative estimate of drug-likeness (QED) is 0.584. The van der Waals surface area contributed by atoms with Crippen molar-refractivity contribution in [1.29, 1.82) is 0 Å². The Morgan fingerprint density at radius 1 is 1.22 bits per heavy atom. The van der Waals surface area contributed by atoms with Gasteiger partial charge in [-0.2, -0.15) is 0 Å². The van der Waals surface area contributed by atoms with E-state index in [0.29, 0.717) is 25.1 Å². The van der Waals surface area contributed by atoms with Gasteiger partial charge in [-0.05, 0) is 42.5 Å². The third-order valence-corrected chi connectivity index (χ3v) is 5.90. The fourth-order valence-corrected chi connectivity index (χ4v) is 3.84. The predicted molar refractivity (Wildman–Crippen MR) is 128 cm³/mol. The highest BCUT2D eigenvalue weighted by molar-refractivity contribution is 6.04. The molecule has 7 nitrogen and oxygen atoms in total. The number of Topliss-reactive ketones (excluding diaryl/α,β-unsaturated/α-hetero) is 1. The third-order valence-electron chi connectivity index (χ3n) is 5.90. The number of carbonyl (C=O) groups excluding carboxylic acids is 3. The van der Waals surface area contributed by atoms with Crippen LogP contribution >= 0.6 is 0 Å². The molecule has 1 aromatic heterocycles. The van der Waals surface area contributed by atoms with Crippen LogP contribution in [0.2, 0.25) is 0 Å². The molecular weight excluding hydrogens is 404 g/mol. The van der Waals surface area contributed by atoms with Gasteiger partial charge in [0, 0.05) is 39.6 Å². The first kappa shape index (κ1) is 23.6. The van der Waals surface area contributed by atoms with Gasteiger partial charge < -0.3 is 15.5 Å². The third kappa shape index (κ3) is 6.01. The Bertz CT molecular complexity index is 995. The van der Waals surface area contributed by atoms with E-state index in [2.05, 4.69) is 34.7 Å². The minimum absolute atomic E-state index is 0. The number of pyridine rings is 1. The summed E-state index contributed by atoms with van der Waals surface area (Å²) in [5.74, 6) is 0.0208. The number of aryl methyl sites for hydroxylation is 1. The van der Waals surface area contributed by atoms with E-state index in [-0.39, 0.29) is 37.2 Å². The smallest absolute Gasteiger partial charge is 0.238 e. The van der Waals surface area contributed by atoms with Crippen molar-refractivity contribution in [3.05, 3.63) is 47.8 Å². The minimum atomic E-state index is -0.240. The second kappa shape index (κ2) is 11.0. The lowest BCUT2D eigenvalue weighted by Gasteiger charge is -2.28. The molecule has 2 N–H and O–H groups in total. The minimum Gasteiger partial charge on any atom is -0.346 e. The number of hydrogen-bond acceptors (Lipinski definition) is 5. The number of ketones is 1. The van der Waals surface area contributed by atoms with Crippen LogP contribution in [0.1, 0.15) is 50.6 Å². The lowest BCUT2D eigenvalue weighted by atomic mass is 9.96. The highest BCUT2D eigenvalue weighted by atomic mass is 16.2. The number of piperidine rings is 1. The molecule has 1 aliphatic heterocycles.